The topological polar surface area (TPSA) is 0 Å². The molecule has 2 aliphatic rings. The van der Waals surface area contributed by atoms with Crippen molar-refractivity contribution in [2.75, 3.05) is 0 Å². The van der Waals surface area contributed by atoms with Crippen molar-refractivity contribution in [1.29, 1.82) is 0 Å². The van der Waals surface area contributed by atoms with Crippen LogP contribution >= 0.6 is 0 Å². The summed E-state index contributed by atoms with van der Waals surface area (Å²) in [7, 11) is -0.226. The molecule has 0 aromatic rings. The van der Waals surface area contributed by atoms with Crippen LogP contribution in [0.15, 0.2) is 47.6 Å². The molecule has 2 aliphatic carbocycles. The SMILES string of the molecule is CCCCCCCCCCCCCCCCCCC1=C(C(C)CC)C([SiH2]C2(C)C=CC=CC2)C=C1. The lowest BCUT2D eigenvalue weighted by Crippen LogP contribution is -2.21. The summed E-state index contributed by atoms with van der Waals surface area (Å²) in [6, 6.07) is 0. The quantitative estimate of drug-likeness (QED) is 0.109. The van der Waals surface area contributed by atoms with Crippen molar-refractivity contribution in [3.05, 3.63) is 47.6 Å². The van der Waals surface area contributed by atoms with Crippen LogP contribution in [-0.2, 0) is 0 Å². The molecule has 2 rings (SSSR count). The first kappa shape index (κ1) is 30.4. The largest absolute Gasteiger partial charge is 0.0840 e. The summed E-state index contributed by atoms with van der Waals surface area (Å²) >= 11 is 0. The standard InChI is InChI=1S/C34H60Si/c1-5-7-8-9-10-11-12-13-14-15-16-17-18-19-20-22-25-31-26-27-32(33(31)30(3)6-2)35-34(4)28-23-21-24-29-34/h21,23-24,26-28,30,32H,5-20,22,25,29,35H2,1-4H3. The Bertz CT molecular complexity index is 666. The number of hydrogen-bond acceptors (Lipinski definition) is 0. The van der Waals surface area contributed by atoms with Crippen LogP contribution in [0.4, 0.5) is 0 Å². The van der Waals surface area contributed by atoms with Crippen molar-refractivity contribution in [2.24, 2.45) is 5.92 Å². The minimum atomic E-state index is -0.226. The van der Waals surface area contributed by atoms with Gasteiger partial charge >= 0.3 is 0 Å². The summed E-state index contributed by atoms with van der Waals surface area (Å²) in [5, 5.41) is 0.464. The monoisotopic (exact) mass is 496 g/mol. The van der Waals surface area contributed by atoms with Gasteiger partial charge in [0.05, 0.1) is 0 Å². The second kappa shape index (κ2) is 18.4. The van der Waals surface area contributed by atoms with Crippen molar-refractivity contribution in [1.82, 2.24) is 0 Å². The molecule has 3 atom stereocenters. The third-order valence-corrected chi connectivity index (χ3v) is 11.4. The van der Waals surface area contributed by atoms with E-state index in [1.807, 2.05) is 5.57 Å². The van der Waals surface area contributed by atoms with Gasteiger partial charge in [0.1, 0.15) is 0 Å². The first-order chi connectivity index (χ1) is 17.1. The highest BCUT2D eigenvalue weighted by Gasteiger charge is 2.31. The van der Waals surface area contributed by atoms with E-state index in [2.05, 4.69) is 64.2 Å². The lowest BCUT2D eigenvalue weighted by Gasteiger charge is -2.31. The third-order valence-electron chi connectivity index (χ3n) is 8.76. The van der Waals surface area contributed by atoms with Gasteiger partial charge in [-0.1, -0.05) is 166 Å². The van der Waals surface area contributed by atoms with Gasteiger partial charge in [0, 0.05) is 9.52 Å². The van der Waals surface area contributed by atoms with Gasteiger partial charge in [0.25, 0.3) is 0 Å². The molecule has 0 aromatic heterocycles. The Balaban J connectivity index is 1.54. The molecule has 0 amide bonds. The van der Waals surface area contributed by atoms with Gasteiger partial charge in [0.2, 0.25) is 0 Å². The van der Waals surface area contributed by atoms with E-state index in [1.54, 1.807) is 5.57 Å². The average Bonchev–Trinajstić information content (AvgIpc) is 3.25. The Morgan fingerprint density at radius 3 is 1.83 bits per heavy atom. The van der Waals surface area contributed by atoms with Crippen LogP contribution in [0.5, 0.6) is 0 Å². The number of allylic oxidation sites excluding steroid dienone is 8. The van der Waals surface area contributed by atoms with Crippen LogP contribution in [0.3, 0.4) is 0 Å². The Hall–Kier alpha value is -0.823. The molecule has 0 N–H and O–H groups in total. The lowest BCUT2D eigenvalue weighted by atomic mass is 9.92. The summed E-state index contributed by atoms with van der Waals surface area (Å²) in [5.74, 6) is 0.755. The van der Waals surface area contributed by atoms with E-state index in [9.17, 15) is 0 Å². The summed E-state index contributed by atoms with van der Waals surface area (Å²) < 4.78 is 0. The maximum absolute atomic E-state index is 2.60. The molecule has 3 unspecified atom stereocenters. The van der Waals surface area contributed by atoms with Gasteiger partial charge in [-0.15, -0.1) is 0 Å². The van der Waals surface area contributed by atoms with Crippen LogP contribution in [0.2, 0.25) is 10.6 Å². The van der Waals surface area contributed by atoms with E-state index in [0.29, 0.717) is 5.04 Å². The van der Waals surface area contributed by atoms with Gasteiger partial charge in [0.15, 0.2) is 0 Å². The Kier molecular flexibility index (Phi) is 16.0. The Labute approximate surface area is 223 Å². The van der Waals surface area contributed by atoms with E-state index < -0.39 is 0 Å². The zero-order valence-corrected chi connectivity index (χ0v) is 25.7. The third kappa shape index (κ3) is 12.3. The second-order valence-electron chi connectivity index (χ2n) is 12.2. The van der Waals surface area contributed by atoms with Gasteiger partial charge in [-0.05, 0) is 47.8 Å². The molecule has 0 bridgehead atoms. The van der Waals surface area contributed by atoms with Crippen LogP contribution in [0.1, 0.15) is 150 Å². The Morgan fingerprint density at radius 2 is 1.34 bits per heavy atom. The van der Waals surface area contributed by atoms with E-state index in [1.165, 1.54) is 122 Å². The summed E-state index contributed by atoms with van der Waals surface area (Å²) in [6.45, 7) is 9.68. The number of unbranched alkanes of at least 4 members (excludes halogenated alkanes) is 15. The zero-order chi connectivity index (χ0) is 25.2. The summed E-state index contributed by atoms with van der Waals surface area (Å²) in [5.41, 5.74) is 4.35. The molecule has 0 aliphatic heterocycles. The molecule has 0 saturated heterocycles. The van der Waals surface area contributed by atoms with E-state index >= 15 is 0 Å². The fourth-order valence-electron chi connectivity index (χ4n) is 6.27. The second-order valence-corrected chi connectivity index (χ2v) is 15.1. The van der Waals surface area contributed by atoms with Crippen LogP contribution in [-0.4, -0.2) is 9.52 Å². The van der Waals surface area contributed by atoms with Crippen LogP contribution in [0.25, 0.3) is 0 Å². The van der Waals surface area contributed by atoms with Crippen molar-refractivity contribution < 1.29 is 0 Å². The smallest absolute Gasteiger partial charge is 0.0447 e. The Morgan fingerprint density at radius 1 is 0.800 bits per heavy atom. The fraction of sp³-hybridized carbons (Fsp3) is 0.765. The van der Waals surface area contributed by atoms with Gasteiger partial charge < -0.3 is 0 Å². The minimum absolute atomic E-state index is 0.226. The highest BCUT2D eigenvalue weighted by atomic mass is 28.2. The van der Waals surface area contributed by atoms with E-state index in [4.69, 9.17) is 0 Å². The molecule has 0 nitrogen and oxygen atoms in total. The highest BCUT2D eigenvalue weighted by molar-refractivity contribution is 6.45. The first-order valence-electron chi connectivity index (χ1n) is 15.8. The number of rotatable bonds is 21. The fourth-order valence-corrected chi connectivity index (χ4v) is 9.03. The van der Waals surface area contributed by atoms with Crippen LogP contribution < -0.4 is 0 Å². The molecular formula is C34H60Si. The summed E-state index contributed by atoms with van der Waals surface area (Å²) in [4.78, 5) is 0. The predicted octanol–water partition coefficient (Wildman–Crippen LogP) is 11.2. The average molecular weight is 497 g/mol. The molecular weight excluding hydrogens is 436 g/mol. The van der Waals surface area contributed by atoms with Gasteiger partial charge in [-0.3, -0.25) is 0 Å². The predicted molar refractivity (Wildman–Crippen MR) is 163 cm³/mol. The highest BCUT2D eigenvalue weighted by Crippen LogP contribution is 2.45. The maximum atomic E-state index is 2.60. The molecule has 35 heavy (non-hydrogen) atoms. The van der Waals surface area contributed by atoms with Crippen molar-refractivity contribution in [3.8, 4) is 0 Å². The summed E-state index contributed by atoms with van der Waals surface area (Å²) in [6.07, 6.45) is 41.7. The zero-order valence-electron chi connectivity index (χ0n) is 24.3. The molecule has 0 heterocycles. The number of hydrogen-bond donors (Lipinski definition) is 0. The maximum Gasteiger partial charge on any atom is 0.0447 e. The normalized spacial score (nSPS) is 22.8. The molecule has 0 spiro atoms. The lowest BCUT2D eigenvalue weighted by molar-refractivity contribution is 0.529. The van der Waals surface area contributed by atoms with Gasteiger partial charge in [-0.2, -0.15) is 0 Å². The van der Waals surface area contributed by atoms with E-state index in [-0.39, 0.29) is 9.52 Å². The molecule has 0 aromatic carbocycles. The van der Waals surface area contributed by atoms with Crippen molar-refractivity contribution in [2.45, 2.75) is 160 Å². The van der Waals surface area contributed by atoms with Gasteiger partial charge in [-0.25, -0.2) is 0 Å². The molecule has 0 radical (unpaired) electrons. The van der Waals surface area contributed by atoms with Crippen LogP contribution in [0, 0.1) is 5.92 Å². The van der Waals surface area contributed by atoms with Crippen molar-refractivity contribution in [3.63, 3.8) is 0 Å². The van der Waals surface area contributed by atoms with Crippen molar-refractivity contribution >= 4 is 9.52 Å². The molecule has 0 saturated carbocycles. The molecule has 0 fully saturated rings. The molecule has 1 heteroatoms. The first-order valence-corrected chi connectivity index (χ1v) is 17.4. The minimum Gasteiger partial charge on any atom is -0.0840 e. The van der Waals surface area contributed by atoms with E-state index in [0.717, 1.165) is 11.5 Å². The molecule has 200 valence electrons.